The third-order valence-corrected chi connectivity index (χ3v) is 6.69. The molecule has 2 heterocycles. The fourth-order valence-electron chi connectivity index (χ4n) is 4.94. The Balaban J connectivity index is 1.64. The Labute approximate surface area is 217 Å². The number of benzene rings is 2. The van der Waals surface area contributed by atoms with Gasteiger partial charge >= 0.3 is 6.03 Å². The number of nitrogens with one attached hydrogen (secondary N) is 1. The molecule has 2 atom stereocenters. The summed E-state index contributed by atoms with van der Waals surface area (Å²) in [5.74, 6) is 2.78. The molecule has 9 nitrogen and oxygen atoms in total. The van der Waals surface area contributed by atoms with Crippen LogP contribution in [0.5, 0.6) is 5.75 Å². The number of hydrazine groups is 1. The number of hydrogen-bond acceptors (Lipinski definition) is 5. The lowest BCUT2D eigenvalue weighted by atomic mass is 9.95. The summed E-state index contributed by atoms with van der Waals surface area (Å²) in [7, 11) is 1.60. The molecule has 4 rings (SSSR count). The van der Waals surface area contributed by atoms with Crippen LogP contribution in [0.2, 0.25) is 0 Å². The Morgan fingerprint density at radius 1 is 1.11 bits per heavy atom. The Morgan fingerprint density at radius 3 is 2.43 bits per heavy atom. The normalized spacial score (nSPS) is 20.0. The molecule has 2 aliphatic rings. The molecule has 194 valence electrons. The van der Waals surface area contributed by atoms with E-state index in [9.17, 15) is 14.4 Å². The summed E-state index contributed by atoms with van der Waals surface area (Å²) >= 11 is 0. The second-order valence-electron chi connectivity index (χ2n) is 9.55. The number of ether oxygens (including phenoxy) is 1. The van der Waals surface area contributed by atoms with Crippen molar-refractivity contribution in [3.63, 3.8) is 0 Å². The summed E-state index contributed by atoms with van der Waals surface area (Å²) in [6.07, 6.45) is 4.91. The standard InChI is InChI=1S/C28H33N5O4/c1-5-15-31-19-25(34)32-24(33(31)28(36)29-16-21-9-7-6-8-10-21)18-30(27(35)26(32)20(2)3)17-22-11-13-23(37-4)14-12-22/h1,6-14,20,24,26H,15-19H2,2-4H3,(H,29,36)/t24-,26-/m0/s1. The zero-order valence-electron chi connectivity index (χ0n) is 21.5. The van der Waals surface area contributed by atoms with Gasteiger partial charge in [0.1, 0.15) is 18.0 Å². The number of methoxy groups -OCH3 is 1. The largest absolute Gasteiger partial charge is 0.497 e. The van der Waals surface area contributed by atoms with E-state index in [0.29, 0.717) is 13.1 Å². The van der Waals surface area contributed by atoms with Gasteiger partial charge in [-0.3, -0.25) is 9.59 Å². The molecule has 0 bridgehead atoms. The van der Waals surface area contributed by atoms with Crippen LogP contribution in [-0.2, 0) is 22.7 Å². The van der Waals surface area contributed by atoms with Crippen LogP contribution in [0.25, 0.3) is 0 Å². The van der Waals surface area contributed by atoms with Crippen molar-refractivity contribution in [2.45, 2.75) is 39.1 Å². The van der Waals surface area contributed by atoms with Crippen LogP contribution in [0.3, 0.4) is 0 Å². The third kappa shape index (κ3) is 5.54. The molecule has 0 unspecified atom stereocenters. The molecule has 0 aromatic heterocycles. The molecule has 0 spiro atoms. The minimum atomic E-state index is -0.693. The molecule has 0 saturated carbocycles. The minimum Gasteiger partial charge on any atom is -0.497 e. The van der Waals surface area contributed by atoms with Crippen LogP contribution < -0.4 is 10.1 Å². The molecule has 2 aromatic carbocycles. The smallest absolute Gasteiger partial charge is 0.334 e. The first kappa shape index (κ1) is 26.0. The van der Waals surface area contributed by atoms with Gasteiger partial charge in [0.25, 0.3) is 0 Å². The van der Waals surface area contributed by atoms with Crippen molar-refractivity contribution < 1.29 is 19.1 Å². The number of terminal acetylenes is 1. The average molecular weight is 504 g/mol. The molecule has 1 N–H and O–H groups in total. The van der Waals surface area contributed by atoms with Gasteiger partial charge < -0.3 is 19.9 Å². The molecule has 0 aliphatic carbocycles. The van der Waals surface area contributed by atoms with Crippen LogP contribution in [-0.4, -0.2) is 76.6 Å². The highest BCUT2D eigenvalue weighted by atomic mass is 16.5. The molecule has 9 heteroatoms. The number of nitrogens with zero attached hydrogens (tertiary/aromatic N) is 4. The van der Waals surface area contributed by atoms with Crippen molar-refractivity contribution in [2.75, 3.05) is 26.7 Å². The SMILES string of the molecule is C#CCN1CC(=O)N2[C@@H](C(C)C)C(=O)N(Cc3ccc(OC)cc3)C[C@@H]2N1C(=O)NCc1ccccc1. The number of carbonyl (C=O) groups is 3. The van der Waals surface area contributed by atoms with Crippen LogP contribution in [0.1, 0.15) is 25.0 Å². The van der Waals surface area contributed by atoms with Crippen molar-refractivity contribution in [3.05, 3.63) is 65.7 Å². The van der Waals surface area contributed by atoms with Crippen molar-refractivity contribution in [3.8, 4) is 18.1 Å². The predicted molar refractivity (Wildman–Crippen MR) is 139 cm³/mol. The molecular weight excluding hydrogens is 470 g/mol. The Morgan fingerprint density at radius 2 is 1.81 bits per heavy atom. The number of fused-ring (bicyclic) bond motifs is 1. The maximum Gasteiger partial charge on any atom is 0.334 e. The van der Waals surface area contributed by atoms with Crippen molar-refractivity contribution >= 4 is 17.8 Å². The quantitative estimate of drug-likeness (QED) is 0.586. The van der Waals surface area contributed by atoms with Crippen LogP contribution in [0, 0.1) is 18.3 Å². The number of rotatable bonds is 7. The van der Waals surface area contributed by atoms with E-state index < -0.39 is 12.2 Å². The van der Waals surface area contributed by atoms with Crippen LogP contribution in [0.4, 0.5) is 4.79 Å². The summed E-state index contributed by atoms with van der Waals surface area (Å²) in [5.41, 5.74) is 1.87. The molecule has 2 fully saturated rings. The van der Waals surface area contributed by atoms with E-state index >= 15 is 0 Å². The second-order valence-corrected chi connectivity index (χ2v) is 9.55. The first-order valence-corrected chi connectivity index (χ1v) is 12.4. The van der Waals surface area contributed by atoms with Gasteiger partial charge in [0.2, 0.25) is 11.8 Å². The Hall–Kier alpha value is -4.03. The summed E-state index contributed by atoms with van der Waals surface area (Å²) < 4.78 is 5.24. The maximum absolute atomic E-state index is 13.6. The summed E-state index contributed by atoms with van der Waals surface area (Å²) in [5, 5.41) is 6.07. The topological polar surface area (TPSA) is 85.4 Å². The maximum atomic E-state index is 13.6. The summed E-state index contributed by atoms with van der Waals surface area (Å²) in [6.45, 7) is 4.68. The van der Waals surface area contributed by atoms with E-state index in [-0.39, 0.29) is 43.4 Å². The van der Waals surface area contributed by atoms with E-state index in [2.05, 4.69) is 11.2 Å². The zero-order valence-corrected chi connectivity index (χ0v) is 21.5. The van der Waals surface area contributed by atoms with Crippen LogP contribution in [0.15, 0.2) is 54.6 Å². The van der Waals surface area contributed by atoms with Crippen molar-refractivity contribution in [2.24, 2.45) is 5.92 Å². The highest BCUT2D eigenvalue weighted by molar-refractivity contribution is 5.91. The fourth-order valence-corrected chi connectivity index (χ4v) is 4.94. The molecule has 2 saturated heterocycles. The molecule has 2 aliphatic heterocycles. The van der Waals surface area contributed by atoms with Gasteiger partial charge in [-0.05, 0) is 29.2 Å². The van der Waals surface area contributed by atoms with Gasteiger partial charge in [0.05, 0.1) is 26.7 Å². The second kappa shape index (κ2) is 11.4. The minimum absolute atomic E-state index is 0.0750. The van der Waals surface area contributed by atoms with Gasteiger partial charge in [-0.1, -0.05) is 62.2 Å². The Kier molecular flexibility index (Phi) is 7.99. The number of piperazine rings is 1. The highest BCUT2D eigenvalue weighted by Crippen LogP contribution is 2.30. The van der Waals surface area contributed by atoms with E-state index in [1.807, 2.05) is 68.4 Å². The first-order valence-electron chi connectivity index (χ1n) is 12.4. The summed E-state index contributed by atoms with van der Waals surface area (Å²) in [4.78, 5) is 43.8. The highest BCUT2D eigenvalue weighted by Gasteiger charge is 2.52. The van der Waals surface area contributed by atoms with E-state index in [1.54, 1.807) is 21.9 Å². The number of hydrogen-bond donors (Lipinski definition) is 1. The van der Waals surface area contributed by atoms with Gasteiger partial charge in [-0.25, -0.2) is 9.80 Å². The lowest BCUT2D eigenvalue weighted by Crippen LogP contribution is -2.77. The van der Waals surface area contributed by atoms with E-state index in [0.717, 1.165) is 16.9 Å². The molecule has 4 amide bonds. The predicted octanol–water partition coefficient (Wildman–Crippen LogP) is 2.29. The van der Waals surface area contributed by atoms with Gasteiger partial charge in [-0.15, -0.1) is 6.42 Å². The first-order chi connectivity index (χ1) is 17.8. The van der Waals surface area contributed by atoms with Gasteiger partial charge in [0.15, 0.2) is 0 Å². The third-order valence-electron chi connectivity index (χ3n) is 6.69. The molecular formula is C28H33N5O4. The monoisotopic (exact) mass is 503 g/mol. The zero-order chi connectivity index (χ0) is 26.5. The van der Waals surface area contributed by atoms with E-state index in [1.165, 1.54) is 5.01 Å². The van der Waals surface area contributed by atoms with Crippen molar-refractivity contribution in [1.82, 2.24) is 25.1 Å². The fraction of sp³-hybridized carbons (Fsp3) is 0.393. The van der Waals surface area contributed by atoms with Crippen LogP contribution >= 0.6 is 0 Å². The number of carbonyl (C=O) groups excluding carboxylic acids is 3. The lowest BCUT2D eigenvalue weighted by Gasteiger charge is -2.55. The summed E-state index contributed by atoms with van der Waals surface area (Å²) in [6, 6.07) is 16.0. The number of amides is 4. The van der Waals surface area contributed by atoms with Gasteiger partial charge in [0, 0.05) is 13.1 Å². The van der Waals surface area contributed by atoms with Gasteiger partial charge in [-0.2, -0.15) is 5.01 Å². The lowest BCUT2D eigenvalue weighted by molar-refractivity contribution is -0.192. The van der Waals surface area contributed by atoms with E-state index in [4.69, 9.17) is 11.2 Å². The average Bonchev–Trinajstić information content (AvgIpc) is 2.89. The Bertz CT molecular complexity index is 1160. The molecule has 37 heavy (non-hydrogen) atoms. The number of urea groups is 1. The molecule has 0 radical (unpaired) electrons. The van der Waals surface area contributed by atoms with Crippen molar-refractivity contribution in [1.29, 1.82) is 0 Å². The molecule has 2 aromatic rings.